The fourth-order valence-corrected chi connectivity index (χ4v) is 1.25. The summed E-state index contributed by atoms with van der Waals surface area (Å²) in [6.07, 6.45) is 1.77. The third kappa shape index (κ3) is 2.87. The van der Waals surface area contributed by atoms with Crippen molar-refractivity contribution in [1.82, 2.24) is 0 Å². The highest BCUT2D eigenvalue weighted by Gasteiger charge is 2.03. The van der Waals surface area contributed by atoms with Crippen molar-refractivity contribution in [3.05, 3.63) is 47.5 Å². The highest BCUT2D eigenvalue weighted by molar-refractivity contribution is 5.85. The van der Waals surface area contributed by atoms with Gasteiger partial charge in [0.15, 0.2) is 0 Å². The topological polar surface area (TPSA) is 26.0 Å². The van der Waals surface area contributed by atoms with Gasteiger partial charge in [0.25, 0.3) is 0 Å². The quantitative estimate of drug-likeness (QED) is 0.725. The summed E-state index contributed by atoms with van der Waals surface area (Å²) in [5.41, 5.74) is 9.49. The molecule has 13 heavy (non-hydrogen) atoms. The van der Waals surface area contributed by atoms with E-state index in [-0.39, 0.29) is 18.4 Å². The second-order valence-corrected chi connectivity index (χ2v) is 3.12. The fraction of sp³-hybridized carbons (Fsp3) is 0.273. The normalized spacial score (nSPS) is 11.6. The lowest BCUT2D eigenvalue weighted by Crippen LogP contribution is -2.08. The fourth-order valence-electron chi connectivity index (χ4n) is 1.25. The maximum atomic E-state index is 5.85. The molecule has 1 atom stereocenters. The van der Waals surface area contributed by atoms with E-state index in [9.17, 15) is 0 Å². The molecule has 0 heterocycles. The SMILES string of the molecule is C=C[C@@H](N)c1cc(C)ccc1C.Cl. The lowest BCUT2D eigenvalue weighted by atomic mass is 10.00. The van der Waals surface area contributed by atoms with Gasteiger partial charge >= 0.3 is 0 Å². The van der Waals surface area contributed by atoms with Crippen molar-refractivity contribution in [2.24, 2.45) is 5.73 Å². The van der Waals surface area contributed by atoms with E-state index in [1.165, 1.54) is 16.7 Å². The summed E-state index contributed by atoms with van der Waals surface area (Å²) in [5.74, 6) is 0. The van der Waals surface area contributed by atoms with E-state index < -0.39 is 0 Å². The zero-order valence-corrected chi connectivity index (χ0v) is 8.90. The Morgan fingerprint density at radius 3 is 2.54 bits per heavy atom. The molecule has 0 bridgehead atoms. The smallest absolute Gasteiger partial charge is 0.0481 e. The minimum Gasteiger partial charge on any atom is -0.321 e. The first-order valence-corrected chi connectivity index (χ1v) is 4.10. The first-order chi connectivity index (χ1) is 5.65. The third-order valence-electron chi connectivity index (χ3n) is 2.05. The Hall–Kier alpha value is -0.790. The highest BCUT2D eigenvalue weighted by atomic mass is 35.5. The van der Waals surface area contributed by atoms with Crippen molar-refractivity contribution in [2.45, 2.75) is 19.9 Å². The summed E-state index contributed by atoms with van der Waals surface area (Å²) in [5, 5.41) is 0. The van der Waals surface area contributed by atoms with Crippen LogP contribution in [0.1, 0.15) is 22.7 Å². The molecular weight excluding hydrogens is 182 g/mol. The maximum Gasteiger partial charge on any atom is 0.0481 e. The zero-order chi connectivity index (χ0) is 9.14. The van der Waals surface area contributed by atoms with Crippen molar-refractivity contribution in [3.63, 3.8) is 0 Å². The second kappa shape index (κ2) is 5.05. The molecule has 0 aromatic heterocycles. The van der Waals surface area contributed by atoms with Gasteiger partial charge in [-0.3, -0.25) is 0 Å². The molecule has 1 aromatic carbocycles. The van der Waals surface area contributed by atoms with E-state index in [4.69, 9.17) is 5.73 Å². The molecule has 2 heteroatoms. The summed E-state index contributed by atoms with van der Waals surface area (Å²) >= 11 is 0. The van der Waals surface area contributed by atoms with Gasteiger partial charge in [-0.15, -0.1) is 19.0 Å². The van der Waals surface area contributed by atoms with E-state index in [1.807, 2.05) is 0 Å². The Morgan fingerprint density at radius 1 is 1.38 bits per heavy atom. The monoisotopic (exact) mass is 197 g/mol. The molecular formula is C11H16ClN. The minimum absolute atomic E-state index is 0. The Balaban J connectivity index is 0.00000144. The molecule has 0 aliphatic heterocycles. The van der Waals surface area contributed by atoms with Crippen LogP contribution in [-0.4, -0.2) is 0 Å². The van der Waals surface area contributed by atoms with Crippen LogP contribution >= 0.6 is 12.4 Å². The maximum absolute atomic E-state index is 5.85. The van der Waals surface area contributed by atoms with Crippen molar-refractivity contribution in [2.75, 3.05) is 0 Å². The van der Waals surface area contributed by atoms with Gasteiger partial charge < -0.3 is 5.73 Å². The van der Waals surface area contributed by atoms with Gasteiger partial charge in [0.1, 0.15) is 0 Å². The minimum atomic E-state index is -0.0371. The van der Waals surface area contributed by atoms with Crippen LogP contribution in [0.2, 0.25) is 0 Å². The molecule has 0 saturated heterocycles. The number of hydrogen-bond acceptors (Lipinski definition) is 1. The van der Waals surface area contributed by atoms with Crippen LogP contribution in [-0.2, 0) is 0 Å². The molecule has 0 radical (unpaired) electrons. The summed E-state index contributed by atoms with van der Waals surface area (Å²) in [6.45, 7) is 7.82. The Morgan fingerprint density at radius 2 is 2.00 bits per heavy atom. The molecule has 2 N–H and O–H groups in total. The Labute approximate surface area is 86.1 Å². The first kappa shape index (κ1) is 12.2. The predicted molar refractivity (Wildman–Crippen MR) is 60.3 cm³/mol. The number of nitrogens with two attached hydrogens (primary N) is 1. The van der Waals surface area contributed by atoms with E-state index >= 15 is 0 Å². The standard InChI is InChI=1S/C11H15N.ClH/c1-4-11(12)10-7-8(2)5-6-9(10)3;/h4-7,11H,1,12H2,2-3H3;1H/t11-;/m1./s1. The van der Waals surface area contributed by atoms with E-state index in [1.54, 1.807) is 6.08 Å². The van der Waals surface area contributed by atoms with E-state index in [0.29, 0.717) is 0 Å². The van der Waals surface area contributed by atoms with E-state index in [0.717, 1.165) is 0 Å². The molecule has 0 saturated carbocycles. The van der Waals surface area contributed by atoms with Crippen molar-refractivity contribution >= 4 is 12.4 Å². The molecule has 0 fully saturated rings. The number of halogens is 1. The predicted octanol–water partition coefficient (Wildman–Crippen LogP) is 2.91. The van der Waals surface area contributed by atoms with Crippen LogP contribution in [0.15, 0.2) is 30.9 Å². The summed E-state index contributed by atoms with van der Waals surface area (Å²) in [4.78, 5) is 0. The molecule has 0 aliphatic rings. The average molecular weight is 198 g/mol. The summed E-state index contributed by atoms with van der Waals surface area (Å²) in [7, 11) is 0. The van der Waals surface area contributed by atoms with Crippen molar-refractivity contribution in [1.29, 1.82) is 0 Å². The molecule has 0 aliphatic carbocycles. The van der Waals surface area contributed by atoms with Gasteiger partial charge in [-0.05, 0) is 25.0 Å². The Kier molecular flexibility index (Phi) is 4.74. The van der Waals surface area contributed by atoms with Gasteiger partial charge in [-0.2, -0.15) is 0 Å². The van der Waals surface area contributed by atoms with Gasteiger partial charge in [0.05, 0.1) is 0 Å². The largest absolute Gasteiger partial charge is 0.321 e. The zero-order valence-electron chi connectivity index (χ0n) is 8.08. The molecule has 0 amide bonds. The van der Waals surface area contributed by atoms with Crippen LogP contribution in [0.5, 0.6) is 0 Å². The lowest BCUT2D eigenvalue weighted by molar-refractivity contribution is 0.900. The van der Waals surface area contributed by atoms with Crippen LogP contribution < -0.4 is 5.73 Å². The van der Waals surface area contributed by atoms with Crippen LogP contribution in [0.3, 0.4) is 0 Å². The first-order valence-electron chi connectivity index (χ1n) is 4.10. The van der Waals surface area contributed by atoms with Crippen molar-refractivity contribution in [3.8, 4) is 0 Å². The molecule has 1 aromatic rings. The van der Waals surface area contributed by atoms with Gasteiger partial charge in [0, 0.05) is 6.04 Å². The average Bonchev–Trinajstić information content (AvgIpc) is 2.08. The number of rotatable bonds is 2. The highest BCUT2D eigenvalue weighted by Crippen LogP contribution is 2.17. The molecule has 1 rings (SSSR count). The number of aryl methyl sites for hydroxylation is 2. The van der Waals surface area contributed by atoms with Crippen molar-refractivity contribution < 1.29 is 0 Å². The van der Waals surface area contributed by atoms with Gasteiger partial charge in [0.2, 0.25) is 0 Å². The molecule has 72 valence electrons. The number of hydrogen-bond donors (Lipinski definition) is 1. The summed E-state index contributed by atoms with van der Waals surface area (Å²) < 4.78 is 0. The van der Waals surface area contributed by atoms with Crippen LogP contribution in [0, 0.1) is 13.8 Å². The Bertz CT molecular complexity index is 294. The van der Waals surface area contributed by atoms with Gasteiger partial charge in [-0.25, -0.2) is 0 Å². The van der Waals surface area contributed by atoms with Crippen LogP contribution in [0.4, 0.5) is 0 Å². The van der Waals surface area contributed by atoms with Gasteiger partial charge in [-0.1, -0.05) is 29.8 Å². The summed E-state index contributed by atoms with van der Waals surface area (Å²) in [6, 6.07) is 6.26. The molecule has 0 unspecified atom stereocenters. The molecule has 0 spiro atoms. The lowest BCUT2D eigenvalue weighted by Gasteiger charge is -2.10. The third-order valence-corrected chi connectivity index (χ3v) is 2.05. The van der Waals surface area contributed by atoms with E-state index in [2.05, 4.69) is 38.6 Å². The van der Waals surface area contributed by atoms with Crippen LogP contribution in [0.25, 0.3) is 0 Å². The number of benzene rings is 1. The molecule has 1 nitrogen and oxygen atoms in total. The second-order valence-electron chi connectivity index (χ2n) is 3.12.